The summed E-state index contributed by atoms with van der Waals surface area (Å²) in [6.45, 7) is 8.86. The SMILES string of the molecule is CCN1CCN(Cc2csc(-c3ccc(OC)c(OC)c3)n2)CC1. The predicted molar refractivity (Wildman–Crippen MR) is 98.0 cm³/mol. The molecule has 1 aliphatic rings. The molecule has 0 unspecified atom stereocenters. The van der Waals surface area contributed by atoms with Crippen molar-refractivity contribution in [3.63, 3.8) is 0 Å². The number of thiazole rings is 1. The molecule has 0 N–H and O–H groups in total. The van der Waals surface area contributed by atoms with Gasteiger partial charge in [0.05, 0.1) is 19.9 Å². The lowest BCUT2D eigenvalue weighted by Crippen LogP contribution is -2.45. The minimum absolute atomic E-state index is 0.738. The maximum absolute atomic E-state index is 5.39. The molecule has 2 heterocycles. The average molecular weight is 347 g/mol. The van der Waals surface area contributed by atoms with Crippen molar-refractivity contribution in [2.24, 2.45) is 0 Å². The van der Waals surface area contributed by atoms with Gasteiger partial charge in [0.2, 0.25) is 0 Å². The maximum Gasteiger partial charge on any atom is 0.161 e. The summed E-state index contributed by atoms with van der Waals surface area (Å²) in [4.78, 5) is 9.79. The average Bonchev–Trinajstić information content (AvgIpc) is 3.10. The van der Waals surface area contributed by atoms with Gasteiger partial charge in [0.25, 0.3) is 0 Å². The van der Waals surface area contributed by atoms with Gasteiger partial charge in [-0.1, -0.05) is 6.92 Å². The number of hydrogen-bond donors (Lipinski definition) is 0. The van der Waals surface area contributed by atoms with Crippen molar-refractivity contribution in [1.29, 1.82) is 0 Å². The van der Waals surface area contributed by atoms with E-state index >= 15 is 0 Å². The summed E-state index contributed by atoms with van der Waals surface area (Å²) >= 11 is 1.68. The zero-order chi connectivity index (χ0) is 16.9. The highest BCUT2D eigenvalue weighted by atomic mass is 32.1. The summed E-state index contributed by atoms with van der Waals surface area (Å²) in [5.41, 5.74) is 2.22. The van der Waals surface area contributed by atoms with Crippen LogP contribution in [0.15, 0.2) is 23.6 Å². The first kappa shape index (κ1) is 17.2. The van der Waals surface area contributed by atoms with Gasteiger partial charge in [0, 0.05) is 43.7 Å². The smallest absolute Gasteiger partial charge is 0.161 e. The van der Waals surface area contributed by atoms with E-state index < -0.39 is 0 Å². The summed E-state index contributed by atoms with van der Waals surface area (Å²) in [7, 11) is 3.31. The van der Waals surface area contributed by atoms with Gasteiger partial charge in [0.1, 0.15) is 5.01 Å². The Hall–Kier alpha value is -1.63. The van der Waals surface area contributed by atoms with Crippen molar-refractivity contribution in [1.82, 2.24) is 14.8 Å². The Morgan fingerprint density at radius 1 is 1.04 bits per heavy atom. The lowest BCUT2D eigenvalue weighted by Gasteiger charge is -2.33. The van der Waals surface area contributed by atoms with Crippen LogP contribution in [0.5, 0.6) is 11.5 Å². The molecule has 2 aromatic rings. The number of piperazine rings is 1. The molecule has 0 atom stereocenters. The molecule has 0 bridgehead atoms. The molecular formula is C18H25N3O2S. The predicted octanol–water partition coefficient (Wildman–Crippen LogP) is 2.96. The molecular weight excluding hydrogens is 322 g/mol. The first-order chi connectivity index (χ1) is 11.7. The number of ether oxygens (including phenoxy) is 2. The standard InChI is InChI=1S/C18H25N3O2S/c1-4-20-7-9-21(10-8-20)12-15-13-24-18(19-15)14-5-6-16(22-2)17(11-14)23-3/h5-6,11,13H,4,7-10,12H2,1-3H3. The van der Waals surface area contributed by atoms with Crippen LogP contribution in [0.3, 0.4) is 0 Å². The van der Waals surface area contributed by atoms with E-state index in [0.29, 0.717) is 0 Å². The molecule has 0 radical (unpaired) electrons. The monoisotopic (exact) mass is 347 g/mol. The molecule has 0 aliphatic carbocycles. The quantitative estimate of drug-likeness (QED) is 0.803. The van der Waals surface area contributed by atoms with Crippen LogP contribution in [0.4, 0.5) is 0 Å². The molecule has 0 spiro atoms. The van der Waals surface area contributed by atoms with Gasteiger partial charge in [-0.2, -0.15) is 0 Å². The molecule has 0 saturated carbocycles. The number of aromatic nitrogens is 1. The van der Waals surface area contributed by atoms with E-state index in [0.717, 1.165) is 67.0 Å². The minimum Gasteiger partial charge on any atom is -0.493 e. The first-order valence-corrected chi connectivity index (χ1v) is 9.23. The van der Waals surface area contributed by atoms with Crippen molar-refractivity contribution in [2.45, 2.75) is 13.5 Å². The Bertz CT molecular complexity index is 666. The zero-order valence-corrected chi connectivity index (χ0v) is 15.4. The Morgan fingerprint density at radius 2 is 1.75 bits per heavy atom. The molecule has 3 rings (SSSR count). The van der Waals surface area contributed by atoms with Crippen LogP contribution in [0.1, 0.15) is 12.6 Å². The van der Waals surface area contributed by atoms with E-state index in [1.807, 2.05) is 18.2 Å². The lowest BCUT2D eigenvalue weighted by molar-refractivity contribution is 0.131. The van der Waals surface area contributed by atoms with Gasteiger partial charge < -0.3 is 14.4 Å². The van der Waals surface area contributed by atoms with Crippen molar-refractivity contribution < 1.29 is 9.47 Å². The molecule has 6 heteroatoms. The van der Waals surface area contributed by atoms with Crippen LogP contribution in [-0.4, -0.2) is 61.7 Å². The van der Waals surface area contributed by atoms with E-state index in [1.54, 1.807) is 25.6 Å². The highest BCUT2D eigenvalue weighted by molar-refractivity contribution is 7.13. The van der Waals surface area contributed by atoms with Crippen molar-refractivity contribution in [3.05, 3.63) is 29.3 Å². The lowest BCUT2D eigenvalue weighted by atomic mass is 10.2. The minimum atomic E-state index is 0.738. The largest absolute Gasteiger partial charge is 0.493 e. The number of nitrogens with zero attached hydrogens (tertiary/aromatic N) is 3. The Labute approximate surface area is 147 Å². The third-order valence-corrected chi connectivity index (χ3v) is 5.42. The molecule has 5 nitrogen and oxygen atoms in total. The normalized spacial score (nSPS) is 16.3. The number of likely N-dealkylation sites (N-methyl/N-ethyl adjacent to an activating group) is 1. The molecule has 1 fully saturated rings. The fourth-order valence-electron chi connectivity index (χ4n) is 2.97. The van der Waals surface area contributed by atoms with Crippen molar-refractivity contribution in [3.8, 4) is 22.1 Å². The molecule has 24 heavy (non-hydrogen) atoms. The van der Waals surface area contributed by atoms with E-state index in [-0.39, 0.29) is 0 Å². The third-order valence-electron chi connectivity index (χ3n) is 4.48. The summed E-state index contributed by atoms with van der Waals surface area (Å²) in [6.07, 6.45) is 0. The van der Waals surface area contributed by atoms with E-state index in [9.17, 15) is 0 Å². The van der Waals surface area contributed by atoms with Crippen LogP contribution < -0.4 is 9.47 Å². The van der Waals surface area contributed by atoms with Crippen LogP contribution >= 0.6 is 11.3 Å². The van der Waals surface area contributed by atoms with E-state index in [4.69, 9.17) is 14.5 Å². The van der Waals surface area contributed by atoms with E-state index in [2.05, 4.69) is 22.1 Å². The van der Waals surface area contributed by atoms with Gasteiger partial charge in [-0.3, -0.25) is 4.90 Å². The van der Waals surface area contributed by atoms with Crippen LogP contribution in [0.25, 0.3) is 10.6 Å². The van der Waals surface area contributed by atoms with Gasteiger partial charge in [-0.15, -0.1) is 11.3 Å². The van der Waals surface area contributed by atoms with Gasteiger partial charge in [-0.05, 0) is 24.7 Å². The van der Waals surface area contributed by atoms with Crippen molar-refractivity contribution in [2.75, 3.05) is 46.9 Å². The number of rotatable bonds is 6. The molecule has 1 aliphatic heterocycles. The third kappa shape index (κ3) is 3.88. The molecule has 1 saturated heterocycles. The number of benzene rings is 1. The summed E-state index contributed by atoms with van der Waals surface area (Å²) in [5, 5.41) is 3.19. The van der Waals surface area contributed by atoms with Crippen LogP contribution in [0.2, 0.25) is 0 Å². The fourth-order valence-corrected chi connectivity index (χ4v) is 3.78. The first-order valence-electron chi connectivity index (χ1n) is 8.35. The van der Waals surface area contributed by atoms with Crippen LogP contribution in [-0.2, 0) is 6.54 Å². The molecule has 130 valence electrons. The fraction of sp³-hybridized carbons (Fsp3) is 0.500. The van der Waals surface area contributed by atoms with Crippen LogP contribution in [0, 0.1) is 0 Å². The molecule has 1 aromatic heterocycles. The Balaban J connectivity index is 1.67. The highest BCUT2D eigenvalue weighted by Gasteiger charge is 2.17. The summed E-state index contributed by atoms with van der Waals surface area (Å²) in [6, 6.07) is 5.95. The second-order valence-corrected chi connectivity index (χ2v) is 6.78. The second kappa shape index (κ2) is 7.96. The Kier molecular flexibility index (Phi) is 5.71. The summed E-state index contributed by atoms with van der Waals surface area (Å²) < 4.78 is 10.7. The van der Waals surface area contributed by atoms with E-state index in [1.165, 1.54) is 0 Å². The van der Waals surface area contributed by atoms with Crippen molar-refractivity contribution >= 4 is 11.3 Å². The molecule has 1 aromatic carbocycles. The molecule has 0 amide bonds. The second-order valence-electron chi connectivity index (χ2n) is 5.92. The van der Waals surface area contributed by atoms with Gasteiger partial charge in [0.15, 0.2) is 11.5 Å². The Morgan fingerprint density at radius 3 is 2.42 bits per heavy atom. The zero-order valence-electron chi connectivity index (χ0n) is 14.6. The topological polar surface area (TPSA) is 37.8 Å². The highest BCUT2D eigenvalue weighted by Crippen LogP contribution is 2.33. The number of hydrogen-bond acceptors (Lipinski definition) is 6. The maximum atomic E-state index is 5.39. The number of methoxy groups -OCH3 is 2. The van der Waals surface area contributed by atoms with Gasteiger partial charge in [-0.25, -0.2) is 4.98 Å². The summed E-state index contributed by atoms with van der Waals surface area (Å²) in [5.74, 6) is 1.48. The van der Waals surface area contributed by atoms with Gasteiger partial charge >= 0.3 is 0 Å².